The number of hydrogen-bond acceptors (Lipinski definition) is 5. The summed E-state index contributed by atoms with van der Waals surface area (Å²) in [6.07, 6.45) is -1.28. The predicted octanol–water partition coefficient (Wildman–Crippen LogP) is 0.988. The maximum atomic E-state index is 12.5. The van der Waals surface area contributed by atoms with E-state index in [1.807, 2.05) is 67.8 Å². The highest BCUT2D eigenvalue weighted by Gasteiger charge is 2.27. The van der Waals surface area contributed by atoms with Crippen molar-refractivity contribution in [3.63, 3.8) is 0 Å². The van der Waals surface area contributed by atoms with E-state index in [-0.39, 0.29) is 30.1 Å². The van der Waals surface area contributed by atoms with E-state index < -0.39 is 18.0 Å². The Morgan fingerprint density at radius 3 is 2.12 bits per heavy atom. The van der Waals surface area contributed by atoms with Gasteiger partial charge in [-0.15, -0.1) is 0 Å². The van der Waals surface area contributed by atoms with Crippen LogP contribution in [0.15, 0.2) is 0 Å². The zero-order valence-corrected chi connectivity index (χ0v) is 18.8. The average molecular weight is 673 g/mol. The van der Waals surface area contributed by atoms with E-state index in [0.29, 0.717) is 16.4 Å². The maximum absolute atomic E-state index is 12.5. The average Bonchev–Trinajstić information content (AvgIpc) is 2.42. The van der Waals surface area contributed by atoms with Crippen LogP contribution in [0.3, 0.4) is 0 Å². The fraction of sp³-hybridized carbons (Fsp3) is 0.308. The van der Waals surface area contributed by atoms with Gasteiger partial charge in [0.15, 0.2) is 0 Å². The lowest BCUT2D eigenvalue weighted by atomic mass is 10.1. The maximum Gasteiger partial charge on any atom is 0.255 e. The Bertz CT molecular complexity index is 696. The summed E-state index contributed by atoms with van der Waals surface area (Å²) in [5.74, 6) is -1.75. The SMILES string of the molecule is CC(=O)Nc1c(I)c(C(N)=O)c(I)c(C(=O)NC(O)CCO)c1I. The molecule has 1 rings (SSSR count). The molecule has 11 heteroatoms. The summed E-state index contributed by atoms with van der Waals surface area (Å²) < 4.78 is 1.16. The molecule has 3 amide bonds. The molecule has 0 saturated carbocycles. The third-order valence-corrected chi connectivity index (χ3v) is 6.03. The number of halogens is 3. The predicted molar refractivity (Wildman–Crippen MR) is 113 cm³/mol. The number of carbonyl (C=O) groups excluding carboxylic acids is 3. The van der Waals surface area contributed by atoms with Crippen LogP contribution >= 0.6 is 67.8 Å². The molecule has 0 bridgehead atoms. The number of anilines is 1. The second-order valence-corrected chi connectivity index (χ2v) is 7.85. The lowest BCUT2D eigenvalue weighted by Gasteiger charge is -2.19. The number of nitrogens with two attached hydrogens (primary N) is 1. The lowest BCUT2D eigenvalue weighted by molar-refractivity contribution is -0.114. The molecular formula is C13H14I3N3O5. The van der Waals surface area contributed by atoms with Crippen LogP contribution in [0.5, 0.6) is 0 Å². The highest BCUT2D eigenvalue weighted by Crippen LogP contribution is 2.35. The first-order valence-electron chi connectivity index (χ1n) is 6.49. The number of hydrogen-bond donors (Lipinski definition) is 5. The second kappa shape index (κ2) is 9.44. The molecular weight excluding hydrogens is 659 g/mol. The number of nitrogens with one attached hydrogen (secondary N) is 2. The van der Waals surface area contributed by atoms with Crippen LogP contribution in [-0.2, 0) is 4.79 Å². The van der Waals surface area contributed by atoms with Crippen molar-refractivity contribution in [3.05, 3.63) is 21.8 Å². The van der Waals surface area contributed by atoms with Gasteiger partial charge in [-0.3, -0.25) is 14.4 Å². The van der Waals surface area contributed by atoms with Crippen molar-refractivity contribution in [2.24, 2.45) is 5.73 Å². The molecule has 0 heterocycles. The summed E-state index contributed by atoms with van der Waals surface area (Å²) in [4.78, 5) is 35.7. The molecule has 1 unspecified atom stereocenters. The Kier molecular flexibility index (Phi) is 8.57. The van der Waals surface area contributed by atoms with Crippen LogP contribution in [0.4, 0.5) is 5.69 Å². The molecule has 0 saturated heterocycles. The molecule has 6 N–H and O–H groups in total. The first-order valence-corrected chi connectivity index (χ1v) is 9.73. The van der Waals surface area contributed by atoms with Crippen LogP contribution in [0.2, 0.25) is 0 Å². The van der Waals surface area contributed by atoms with Gasteiger partial charge in [-0.2, -0.15) is 0 Å². The molecule has 1 aromatic carbocycles. The molecule has 0 spiro atoms. The molecule has 0 fully saturated rings. The number of benzene rings is 1. The summed E-state index contributed by atoms with van der Waals surface area (Å²) in [5.41, 5.74) is 5.94. The van der Waals surface area contributed by atoms with Crippen molar-refractivity contribution in [1.29, 1.82) is 0 Å². The first kappa shape index (κ1) is 21.8. The van der Waals surface area contributed by atoms with Crippen molar-refractivity contribution in [1.82, 2.24) is 5.32 Å². The Hall–Kier alpha value is -0.260. The molecule has 0 radical (unpaired) electrons. The highest BCUT2D eigenvalue weighted by molar-refractivity contribution is 14.1. The van der Waals surface area contributed by atoms with Crippen molar-refractivity contribution >= 4 is 91.2 Å². The van der Waals surface area contributed by atoms with Crippen molar-refractivity contribution in [2.45, 2.75) is 19.6 Å². The van der Waals surface area contributed by atoms with Crippen LogP contribution < -0.4 is 16.4 Å². The number of aliphatic hydroxyl groups is 2. The minimum Gasteiger partial charge on any atom is -0.396 e. The number of primary amides is 1. The van der Waals surface area contributed by atoms with E-state index in [1.54, 1.807) is 0 Å². The van der Waals surface area contributed by atoms with Gasteiger partial charge in [-0.1, -0.05) is 0 Å². The van der Waals surface area contributed by atoms with Gasteiger partial charge in [-0.25, -0.2) is 0 Å². The van der Waals surface area contributed by atoms with E-state index in [2.05, 4.69) is 10.6 Å². The normalized spacial score (nSPS) is 11.8. The molecule has 0 aliphatic carbocycles. The van der Waals surface area contributed by atoms with E-state index >= 15 is 0 Å². The van der Waals surface area contributed by atoms with Gasteiger partial charge in [0, 0.05) is 23.5 Å². The molecule has 24 heavy (non-hydrogen) atoms. The van der Waals surface area contributed by atoms with Gasteiger partial charge in [0.1, 0.15) is 6.23 Å². The summed E-state index contributed by atoms with van der Waals surface area (Å²) in [6.45, 7) is 1.00. The summed E-state index contributed by atoms with van der Waals surface area (Å²) in [5, 5.41) is 23.4. The van der Waals surface area contributed by atoms with E-state index in [0.717, 1.165) is 0 Å². The fourth-order valence-corrected chi connectivity index (χ4v) is 6.24. The summed E-state index contributed by atoms with van der Waals surface area (Å²) in [7, 11) is 0. The number of rotatable bonds is 6. The molecule has 0 aliphatic rings. The van der Waals surface area contributed by atoms with Crippen LogP contribution in [0.1, 0.15) is 34.1 Å². The Morgan fingerprint density at radius 1 is 1.12 bits per heavy atom. The number of carbonyl (C=O) groups is 3. The van der Waals surface area contributed by atoms with E-state index in [4.69, 9.17) is 10.8 Å². The van der Waals surface area contributed by atoms with Crippen molar-refractivity contribution < 1.29 is 24.6 Å². The molecule has 132 valence electrons. The van der Waals surface area contributed by atoms with Crippen LogP contribution in [0, 0.1) is 10.7 Å². The highest BCUT2D eigenvalue weighted by atomic mass is 127. The zero-order valence-electron chi connectivity index (χ0n) is 12.3. The summed E-state index contributed by atoms with van der Waals surface area (Å²) >= 11 is 5.59. The minimum atomic E-state index is -1.24. The van der Waals surface area contributed by atoms with Gasteiger partial charge in [0.05, 0.1) is 24.0 Å². The lowest BCUT2D eigenvalue weighted by Crippen LogP contribution is -2.37. The topological polar surface area (TPSA) is 142 Å². The quantitative estimate of drug-likeness (QED) is 0.227. The zero-order chi connectivity index (χ0) is 18.6. The van der Waals surface area contributed by atoms with Gasteiger partial charge < -0.3 is 26.6 Å². The Morgan fingerprint density at radius 2 is 1.67 bits per heavy atom. The fourth-order valence-electron chi connectivity index (χ4n) is 1.78. The third-order valence-electron chi connectivity index (χ3n) is 2.79. The Labute approximate surface area is 178 Å². The Balaban J connectivity index is 3.53. The number of aliphatic hydroxyl groups excluding tert-OH is 2. The van der Waals surface area contributed by atoms with Crippen molar-refractivity contribution in [3.8, 4) is 0 Å². The van der Waals surface area contributed by atoms with Crippen LogP contribution in [-0.4, -0.2) is 40.8 Å². The van der Waals surface area contributed by atoms with E-state index in [9.17, 15) is 19.5 Å². The van der Waals surface area contributed by atoms with Gasteiger partial charge >= 0.3 is 0 Å². The molecule has 1 atom stereocenters. The van der Waals surface area contributed by atoms with Gasteiger partial charge in [0.2, 0.25) is 5.91 Å². The first-order chi connectivity index (χ1) is 11.1. The minimum absolute atomic E-state index is 0.0372. The smallest absolute Gasteiger partial charge is 0.255 e. The number of amides is 3. The van der Waals surface area contributed by atoms with Crippen LogP contribution in [0.25, 0.3) is 0 Å². The van der Waals surface area contributed by atoms with Gasteiger partial charge in [-0.05, 0) is 67.8 Å². The van der Waals surface area contributed by atoms with Crippen molar-refractivity contribution in [2.75, 3.05) is 11.9 Å². The molecule has 0 aromatic heterocycles. The molecule has 8 nitrogen and oxygen atoms in total. The monoisotopic (exact) mass is 673 g/mol. The van der Waals surface area contributed by atoms with E-state index in [1.165, 1.54) is 6.92 Å². The third kappa shape index (κ3) is 5.12. The second-order valence-electron chi connectivity index (χ2n) is 4.61. The standard InChI is InChI=1S/C13H14I3N3O5/c1-4(21)18-11-9(15)6(12(17)23)8(14)7(10(11)16)13(24)19-5(22)2-3-20/h5,20,22H,2-3H2,1H3,(H2,17,23)(H,18,21)(H,19,24). The van der Waals surface area contributed by atoms with Gasteiger partial charge in [0.25, 0.3) is 11.8 Å². The largest absolute Gasteiger partial charge is 0.396 e. The molecule has 1 aromatic rings. The summed E-state index contributed by atoms with van der Waals surface area (Å²) in [6, 6.07) is 0. The molecule has 0 aliphatic heterocycles.